The van der Waals surface area contributed by atoms with Crippen LogP contribution < -0.4 is 5.14 Å². The number of hydrogen-bond acceptors (Lipinski definition) is 6. The van der Waals surface area contributed by atoms with Gasteiger partial charge >= 0.3 is 5.97 Å². The van der Waals surface area contributed by atoms with Gasteiger partial charge < -0.3 is 4.74 Å². The van der Waals surface area contributed by atoms with Crippen LogP contribution >= 0.6 is 0 Å². The number of primary sulfonamides is 1. The quantitative estimate of drug-likeness (QED) is 0.769. The van der Waals surface area contributed by atoms with Crippen LogP contribution in [-0.2, 0) is 21.2 Å². The fourth-order valence-electron chi connectivity index (χ4n) is 2.15. The molecule has 0 radical (unpaired) electrons. The summed E-state index contributed by atoms with van der Waals surface area (Å²) in [6.45, 7) is 5.67. The third-order valence-corrected chi connectivity index (χ3v) is 4.11. The Morgan fingerprint density at radius 1 is 1.40 bits per heavy atom. The normalized spacial score (nSPS) is 11.8. The molecule has 1 aromatic heterocycles. The van der Waals surface area contributed by atoms with Crippen molar-refractivity contribution in [1.82, 2.24) is 14.8 Å². The van der Waals surface area contributed by atoms with E-state index >= 15 is 0 Å². The molecule has 0 saturated carbocycles. The first-order valence-corrected chi connectivity index (χ1v) is 9.14. The largest absolute Gasteiger partial charge is 0.460 e. The summed E-state index contributed by atoms with van der Waals surface area (Å²) < 4.78 is 43.1. The summed E-state index contributed by atoms with van der Waals surface area (Å²) in [5.74, 6) is -1.22. The van der Waals surface area contributed by atoms with Gasteiger partial charge in [0.05, 0.1) is 11.5 Å². The van der Waals surface area contributed by atoms with Crippen molar-refractivity contribution in [3.63, 3.8) is 0 Å². The van der Waals surface area contributed by atoms with Crippen molar-refractivity contribution in [2.45, 2.75) is 32.1 Å². The first kappa shape index (κ1) is 19.0. The molecule has 0 spiro atoms. The lowest BCUT2D eigenvalue weighted by Gasteiger charge is -2.09. The maximum atomic E-state index is 14.4. The van der Waals surface area contributed by atoms with Crippen molar-refractivity contribution in [3.8, 4) is 5.69 Å². The van der Waals surface area contributed by atoms with Gasteiger partial charge in [0.1, 0.15) is 17.3 Å². The Morgan fingerprint density at radius 3 is 2.60 bits per heavy atom. The first-order valence-electron chi connectivity index (χ1n) is 7.59. The van der Waals surface area contributed by atoms with Gasteiger partial charge in [0.15, 0.2) is 0 Å². The number of hydrogen-bond donors (Lipinski definition) is 1. The molecule has 2 rings (SSSR count). The summed E-state index contributed by atoms with van der Waals surface area (Å²) in [6, 6.07) is 3.19. The Labute approximate surface area is 144 Å². The van der Waals surface area contributed by atoms with Crippen LogP contribution in [0.4, 0.5) is 4.39 Å². The molecule has 0 unspecified atom stereocenters. The molecule has 0 bridgehead atoms. The standard InChI is InChI=1S/C15H19FN4O4S/c1-4-24-15(21)14-18-13(7-9(2)3)20(19-14)12-6-5-10(8-11(12)16)25(17,22)23/h5-6,8-9H,4,7H2,1-3H3,(H2,17,22,23). The number of carbonyl (C=O) groups excluding carboxylic acids is 1. The van der Waals surface area contributed by atoms with Crippen LogP contribution in [0.2, 0.25) is 0 Å². The van der Waals surface area contributed by atoms with Gasteiger partial charge in [-0.05, 0) is 31.0 Å². The van der Waals surface area contributed by atoms with E-state index in [1.165, 1.54) is 16.8 Å². The SMILES string of the molecule is CCOC(=O)c1nc(CC(C)C)n(-c2ccc(S(N)(=O)=O)cc2F)n1. The molecule has 1 aromatic carbocycles. The number of rotatable bonds is 6. The second kappa shape index (κ2) is 7.28. The molecule has 1 heterocycles. The van der Waals surface area contributed by atoms with E-state index in [9.17, 15) is 17.6 Å². The Bertz CT molecular complexity index is 893. The highest BCUT2D eigenvalue weighted by molar-refractivity contribution is 7.89. The number of carbonyl (C=O) groups is 1. The monoisotopic (exact) mass is 370 g/mol. The highest BCUT2D eigenvalue weighted by atomic mass is 32.2. The Kier molecular flexibility index (Phi) is 5.53. The highest BCUT2D eigenvalue weighted by Gasteiger charge is 2.21. The van der Waals surface area contributed by atoms with Crippen LogP contribution in [0.25, 0.3) is 5.69 Å². The van der Waals surface area contributed by atoms with E-state index in [1.807, 2.05) is 13.8 Å². The zero-order valence-corrected chi connectivity index (χ0v) is 14.9. The van der Waals surface area contributed by atoms with Gasteiger partial charge in [0, 0.05) is 6.42 Å². The van der Waals surface area contributed by atoms with Gasteiger partial charge in [0.25, 0.3) is 5.82 Å². The number of esters is 1. The second-order valence-corrected chi connectivity index (χ2v) is 7.30. The molecule has 136 valence electrons. The van der Waals surface area contributed by atoms with Crippen LogP contribution in [0.3, 0.4) is 0 Å². The Morgan fingerprint density at radius 2 is 2.08 bits per heavy atom. The smallest absolute Gasteiger partial charge is 0.378 e. The van der Waals surface area contributed by atoms with E-state index < -0.39 is 21.8 Å². The number of benzene rings is 1. The molecular formula is C15H19FN4O4S. The number of nitrogens with two attached hydrogens (primary N) is 1. The zero-order valence-electron chi connectivity index (χ0n) is 14.1. The minimum absolute atomic E-state index is 0.0360. The van der Waals surface area contributed by atoms with Crippen LogP contribution in [0.5, 0.6) is 0 Å². The molecular weight excluding hydrogens is 351 g/mol. The molecule has 8 nitrogen and oxygen atoms in total. The maximum absolute atomic E-state index is 14.4. The molecule has 25 heavy (non-hydrogen) atoms. The average molecular weight is 370 g/mol. The molecule has 0 fully saturated rings. The summed E-state index contributed by atoms with van der Waals surface area (Å²) in [6.07, 6.45) is 0.433. The van der Waals surface area contributed by atoms with Crippen LogP contribution in [0, 0.1) is 11.7 Å². The molecule has 0 amide bonds. The molecule has 0 saturated heterocycles. The number of halogens is 1. The lowest BCUT2D eigenvalue weighted by molar-refractivity contribution is 0.0512. The van der Waals surface area contributed by atoms with Gasteiger partial charge in [0.2, 0.25) is 10.0 Å². The van der Waals surface area contributed by atoms with Gasteiger partial charge in [-0.3, -0.25) is 0 Å². The molecule has 0 atom stereocenters. The van der Waals surface area contributed by atoms with Crippen molar-refractivity contribution in [2.24, 2.45) is 11.1 Å². The topological polar surface area (TPSA) is 117 Å². The molecule has 0 aliphatic rings. The minimum Gasteiger partial charge on any atom is -0.460 e. The number of ether oxygens (including phenoxy) is 1. The van der Waals surface area contributed by atoms with Crippen molar-refractivity contribution >= 4 is 16.0 Å². The summed E-state index contributed by atoms with van der Waals surface area (Å²) in [4.78, 5) is 15.6. The molecule has 0 aliphatic heterocycles. The molecule has 2 aromatic rings. The van der Waals surface area contributed by atoms with E-state index in [0.29, 0.717) is 12.2 Å². The first-order chi connectivity index (χ1) is 11.6. The van der Waals surface area contributed by atoms with Gasteiger partial charge in [-0.2, -0.15) is 0 Å². The van der Waals surface area contributed by atoms with Gasteiger partial charge in [-0.25, -0.2) is 32.4 Å². The molecule has 2 N–H and O–H groups in total. The Balaban J connectivity index is 2.55. The third-order valence-electron chi connectivity index (χ3n) is 3.20. The van der Waals surface area contributed by atoms with E-state index in [0.717, 1.165) is 6.07 Å². The fraction of sp³-hybridized carbons (Fsp3) is 0.400. The third kappa shape index (κ3) is 4.40. The van der Waals surface area contributed by atoms with E-state index in [2.05, 4.69) is 10.1 Å². The number of aromatic nitrogens is 3. The van der Waals surface area contributed by atoms with Crippen molar-refractivity contribution < 1.29 is 22.3 Å². The van der Waals surface area contributed by atoms with Gasteiger partial charge in [-0.15, -0.1) is 5.10 Å². The highest BCUT2D eigenvalue weighted by Crippen LogP contribution is 2.20. The fourth-order valence-corrected chi connectivity index (χ4v) is 2.68. The van der Waals surface area contributed by atoms with Crippen LogP contribution in [-0.4, -0.2) is 35.8 Å². The molecule has 0 aliphatic carbocycles. The summed E-state index contributed by atoms with van der Waals surface area (Å²) >= 11 is 0. The van der Waals surface area contributed by atoms with E-state index in [4.69, 9.17) is 9.88 Å². The average Bonchev–Trinajstić information content (AvgIpc) is 2.89. The van der Waals surface area contributed by atoms with Crippen molar-refractivity contribution in [3.05, 3.63) is 35.7 Å². The maximum Gasteiger partial charge on any atom is 0.378 e. The summed E-state index contributed by atoms with van der Waals surface area (Å²) in [7, 11) is -4.03. The van der Waals surface area contributed by atoms with Crippen LogP contribution in [0.15, 0.2) is 23.1 Å². The lowest BCUT2D eigenvalue weighted by atomic mass is 10.1. The molecule has 10 heteroatoms. The number of sulfonamides is 1. The predicted molar refractivity (Wildman–Crippen MR) is 87.2 cm³/mol. The van der Waals surface area contributed by atoms with Crippen molar-refractivity contribution in [1.29, 1.82) is 0 Å². The van der Waals surface area contributed by atoms with Crippen molar-refractivity contribution in [2.75, 3.05) is 6.61 Å². The Hall–Kier alpha value is -2.33. The lowest BCUT2D eigenvalue weighted by Crippen LogP contribution is -2.14. The summed E-state index contributed by atoms with van der Waals surface area (Å²) in [5.41, 5.74) is -0.0360. The minimum atomic E-state index is -4.03. The predicted octanol–water partition coefficient (Wildman–Crippen LogP) is 1.43. The second-order valence-electron chi connectivity index (χ2n) is 5.74. The zero-order chi connectivity index (χ0) is 18.8. The summed E-state index contributed by atoms with van der Waals surface area (Å²) in [5, 5.41) is 9.01. The van der Waals surface area contributed by atoms with Crippen LogP contribution in [0.1, 0.15) is 37.2 Å². The van der Waals surface area contributed by atoms with E-state index in [-0.39, 0.29) is 28.9 Å². The van der Waals surface area contributed by atoms with Gasteiger partial charge in [-0.1, -0.05) is 13.8 Å². The number of nitrogens with zero attached hydrogens (tertiary/aromatic N) is 3. The van der Waals surface area contributed by atoms with E-state index in [1.54, 1.807) is 6.92 Å².